The third-order valence-electron chi connectivity index (χ3n) is 5.16. The van der Waals surface area contributed by atoms with Crippen LogP contribution >= 0.6 is 0 Å². The van der Waals surface area contributed by atoms with E-state index < -0.39 is 22.0 Å². The third kappa shape index (κ3) is 7.05. The molecule has 0 bridgehead atoms. The highest BCUT2D eigenvalue weighted by atomic mass is 32.2. The summed E-state index contributed by atoms with van der Waals surface area (Å²) in [7, 11) is -2.32. The van der Waals surface area contributed by atoms with Crippen molar-refractivity contribution >= 4 is 39.1 Å². The van der Waals surface area contributed by atoms with E-state index in [1.54, 1.807) is 36.4 Å². The lowest BCUT2D eigenvalue weighted by Crippen LogP contribution is -2.17. The normalized spacial score (nSPS) is 10.9. The quantitative estimate of drug-likeness (QED) is 0.373. The molecule has 9 nitrogen and oxygen atoms in total. The molecule has 0 aliphatic rings. The van der Waals surface area contributed by atoms with Crippen LogP contribution in [0.3, 0.4) is 0 Å². The molecule has 0 saturated carbocycles. The Bertz CT molecular complexity index is 1310. The zero-order valence-corrected chi connectivity index (χ0v) is 20.4. The summed E-state index contributed by atoms with van der Waals surface area (Å²) in [4.78, 5) is 24.5. The van der Waals surface area contributed by atoms with Gasteiger partial charge in [0.15, 0.2) is 0 Å². The summed E-state index contributed by atoms with van der Waals surface area (Å²) in [5, 5.41) is 5.28. The van der Waals surface area contributed by atoms with Crippen LogP contribution in [0.2, 0.25) is 0 Å². The number of aryl methyl sites for hydroxylation is 1. The molecule has 0 fully saturated rings. The number of hydrogen-bond acceptors (Lipinski definition) is 6. The van der Waals surface area contributed by atoms with Crippen molar-refractivity contribution in [1.82, 2.24) is 0 Å². The van der Waals surface area contributed by atoms with E-state index in [4.69, 9.17) is 9.47 Å². The minimum atomic E-state index is -3.82. The third-order valence-corrected chi connectivity index (χ3v) is 6.54. The van der Waals surface area contributed by atoms with Gasteiger partial charge < -0.3 is 14.8 Å². The molecular weight excluding hydrogens is 470 g/mol. The number of carbonyl (C=O) groups is 2. The Morgan fingerprint density at radius 3 is 2.20 bits per heavy atom. The highest BCUT2D eigenvalue weighted by Crippen LogP contribution is 2.23. The number of amides is 2. The number of methoxy groups -OCH3 is 1. The molecule has 0 atom stereocenters. The van der Waals surface area contributed by atoms with Crippen molar-refractivity contribution in [3.8, 4) is 0 Å². The Hall–Kier alpha value is -3.89. The van der Waals surface area contributed by atoms with Crippen LogP contribution in [-0.2, 0) is 19.5 Å². The largest absolute Gasteiger partial charge is 0.447 e. The first-order chi connectivity index (χ1) is 16.7. The smallest absolute Gasteiger partial charge is 0.411 e. The van der Waals surface area contributed by atoms with Gasteiger partial charge in [-0.05, 0) is 73.5 Å². The summed E-state index contributed by atoms with van der Waals surface area (Å²) in [6.07, 6.45) is -0.642. The molecule has 0 aromatic heterocycles. The summed E-state index contributed by atoms with van der Waals surface area (Å²) in [5.41, 5.74) is 3.46. The van der Waals surface area contributed by atoms with Gasteiger partial charge in [-0.2, -0.15) is 0 Å². The van der Waals surface area contributed by atoms with Crippen LogP contribution < -0.4 is 15.4 Å². The number of nitrogens with one attached hydrogen (secondary N) is 3. The van der Waals surface area contributed by atoms with Gasteiger partial charge in [-0.3, -0.25) is 14.8 Å². The second kappa shape index (κ2) is 11.5. The number of benzene rings is 3. The van der Waals surface area contributed by atoms with Gasteiger partial charge in [0.05, 0.1) is 17.2 Å². The molecule has 2 amide bonds. The Morgan fingerprint density at radius 2 is 1.51 bits per heavy atom. The Morgan fingerprint density at radius 1 is 0.857 bits per heavy atom. The monoisotopic (exact) mass is 497 g/mol. The van der Waals surface area contributed by atoms with Gasteiger partial charge in [-0.25, -0.2) is 13.2 Å². The maximum Gasteiger partial charge on any atom is 0.411 e. The van der Waals surface area contributed by atoms with Crippen LogP contribution in [0.25, 0.3) is 0 Å². The van der Waals surface area contributed by atoms with Crippen LogP contribution in [0, 0.1) is 13.8 Å². The van der Waals surface area contributed by atoms with Gasteiger partial charge in [0.25, 0.3) is 15.9 Å². The van der Waals surface area contributed by atoms with Crippen LogP contribution in [0.5, 0.6) is 0 Å². The van der Waals surface area contributed by atoms with Crippen molar-refractivity contribution in [3.05, 3.63) is 83.4 Å². The van der Waals surface area contributed by atoms with Gasteiger partial charge in [-0.1, -0.05) is 18.2 Å². The van der Waals surface area contributed by atoms with E-state index >= 15 is 0 Å². The van der Waals surface area contributed by atoms with Crippen molar-refractivity contribution in [1.29, 1.82) is 0 Å². The van der Waals surface area contributed by atoms with Gasteiger partial charge in [0, 0.05) is 24.0 Å². The lowest BCUT2D eigenvalue weighted by molar-refractivity contribution is 0.102. The minimum Gasteiger partial charge on any atom is -0.447 e. The van der Waals surface area contributed by atoms with E-state index in [2.05, 4.69) is 15.4 Å². The molecule has 0 heterocycles. The van der Waals surface area contributed by atoms with Crippen LogP contribution in [0.4, 0.5) is 21.9 Å². The predicted octanol–water partition coefficient (Wildman–Crippen LogP) is 4.55. The number of anilines is 3. The van der Waals surface area contributed by atoms with Crippen molar-refractivity contribution in [3.63, 3.8) is 0 Å². The fraction of sp³-hybridized carbons (Fsp3) is 0.200. The molecule has 0 unspecified atom stereocenters. The molecule has 3 rings (SSSR count). The second-order valence-electron chi connectivity index (χ2n) is 7.67. The molecule has 3 N–H and O–H groups in total. The molecule has 3 aromatic rings. The maximum absolute atomic E-state index is 12.8. The van der Waals surface area contributed by atoms with E-state index in [1.165, 1.54) is 31.4 Å². The summed E-state index contributed by atoms with van der Waals surface area (Å²) >= 11 is 0. The SMILES string of the molecule is COCCOC(=O)Nc1cccc(NC(=O)c2ccc(S(=O)(=O)Nc3cccc(C)c3C)cc2)c1. The van der Waals surface area contributed by atoms with Gasteiger partial charge >= 0.3 is 6.09 Å². The fourth-order valence-corrected chi connectivity index (χ4v) is 4.22. The number of hydrogen-bond donors (Lipinski definition) is 3. The van der Waals surface area contributed by atoms with Crippen molar-refractivity contribution in [2.75, 3.05) is 35.7 Å². The highest BCUT2D eigenvalue weighted by molar-refractivity contribution is 7.92. The number of sulfonamides is 1. The van der Waals surface area contributed by atoms with E-state index in [0.717, 1.165) is 11.1 Å². The topological polar surface area (TPSA) is 123 Å². The standard InChI is InChI=1S/C25H27N3O6S/c1-17-6-4-9-23(18(17)2)28-35(31,32)22-12-10-19(11-13-22)24(29)26-20-7-5-8-21(16-20)27-25(30)34-15-14-33-3/h4-13,16,28H,14-15H2,1-3H3,(H,26,29)(H,27,30). The van der Waals surface area contributed by atoms with Crippen LogP contribution in [0.15, 0.2) is 71.6 Å². The molecule has 0 saturated heterocycles. The number of ether oxygens (including phenoxy) is 2. The minimum absolute atomic E-state index is 0.0353. The van der Waals surface area contributed by atoms with E-state index in [1.807, 2.05) is 19.9 Å². The molecule has 184 valence electrons. The van der Waals surface area contributed by atoms with Crippen molar-refractivity contribution in [2.24, 2.45) is 0 Å². The van der Waals surface area contributed by atoms with Crippen LogP contribution in [0.1, 0.15) is 21.5 Å². The fourth-order valence-electron chi connectivity index (χ4n) is 3.10. The van der Waals surface area contributed by atoms with Crippen LogP contribution in [-0.4, -0.2) is 40.7 Å². The molecular formula is C25H27N3O6S. The van der Waals surface area contributed by atoms with Gasteiger partial charge in [0.2, 0.25) is 0 Å². The van der Waals surface area contributed by atoms with E-state index in [9.17, 15) is 18.0 Å². The Balaban J connectivity index is 1.65. The molecule has 0 radical (unpaired) electrons. The zero-order valence-electron chi connectivity index (χ0n) is 19.6. The first kappa shape index (κ1) is 25.7. The molecule has 0 spiro atoms. The predicted molar refractivity (Wildman–Crippen MR) is 134 cm³/mol. The molecule has 0 aliphatic heterocycles. The average Bonchev–Trinajstić information content (AvgIpc) is 2.82. The first-order valence-electron chi connectivity index (χ1n) is 10.7. The lowest BCUT2D eigenvalue weighted by Gasteiger charge is -2.12. The summed E-state index contributed by atoms with van der Waals surface area (Å²) < 4.78 is 37.9. The summed E-state index contributed by atoms with van der Waals surface area (Å²) in [6, 6.07) is 17.5. The van der Waals surface area contributed by atoms with Crippen molar-refractivity contribution in [2.45, 2.75) is 18.7 Å². The second-order valence-corrected chi connectivity index (χ2v) is 9.35. The Kier molecular flexibility index (Phi) is 8.45. The summed E-state index contributed by atoms with van der Waals surface area (Å²) in [5.74, 6) is -0.434. The number of rotatable bonds is 9. The van der Waals surface area contributed by atoms with E-state index in [0.29, 0.717) is 17.1 Å². The first-order valence-corrected chi connectivity index (χ1v) is 12.2. The van der Waals surface area contributed by atoms with Gasteiger partial charge in [-0.15, -0.1) is 0 Å². The van der Waals surface area contributed by atoms with Crippen molar-refractivity contribution < 1.29 is 27.5 Å². The zero-order chi connectivity index (χ0) is 25.4. The molecule has 0 aliphatic carbocycles. The van der Waals surface area contributed by atoms with E-state index in [-0.39, 0.29) is 23.7 Å². The molecule has 35 heavy (non-hydrogen) atoms. The number of carbonyl (C=O) groups excluding carboxylic acids is 2. The van der Waals surface area contributed by atoms with Gasteiger partial charge in [0.1, 0.15) is 6.61 Å². The lowest BCUT2D eigenvalue weighted by atomic mass is 10.1. The average molecular weight is 498 g/mol. The maximum atomic E-state index is 12.8. The molecule has 3 aromatic carbocycles. The highest BCUT2D eigenvalue weighted by Gasteiger charge is 2.17. The Labute approximate surface area is 204 Å². The molecule has 10 heteroatoms. The summed E-state index contributed by atoms with van der Waals surface area (Å²) in [6.45, 7) is 4.15.